The van der Waals surface area contributed by atoms with Crippen molar-refractivity contribution in [1.29, 1.82) is 0 Å². The van der Waals surface area contributed by atoms with Gasteiger partial charge in [0.2, 0.25) is 0 Å². The van der Waals surface area contributed by atoms with Crippen LogP contribution in [0, 0.1) is 0 Å². The Kier molecular flexibility index (Phi) is 4.93. The average molecular weight is 309 g/mol. The molecule has 0 saturated carbocycles. The zero-order valence-corrected chi connectivity index (χ0v) is 12.4. The van der Waals surface area contributed by atoms with Crippen molar-refractivity contribution in [2.24, 2.45) is 0 Å². The number of hydrogen-bond acceptors (Lipinski definition) is 3. The monoisotopic (exact) mass is 308 g/mol. The van der Waals surface area contributed by atoms with Crippen LogP contribution in [0.5, 0.6) is 5.75 Å². The molecule has 1 atom stereocenters. The number of methoxy groups -OCH3 is 1. The number of rotatable bonds is 5. The second kappa shape index (κ2) is 6.68. The van der Waals surface area contributed by atoms with E-state index in [0.29, 0.717) is 21.2 Å². The molecule has 0 fully saturated rings. The maximum absolute atomic E-state index is 12.2. The molecule has 0 amide bonds. The molecular formula is C15H13ClO3S. The fourth-order valence-electron chi connectivity index (χ4n) is 1.76. The maximum Gasteiger partial charge on any atom is 0.179 e. The van der Waals surface area contributed by atoms with Crippen LogP contribution in [0.15, 0.2) is 53.4 Å². The molecule has 0 heterocycles. The van der Waals surface area contributed by atoms with Gasteiger partial charge in [0.25, 0.3) is 0 Å². The number of carbonyl (C=O) groups excluding carboxylic acids is 1. The van der Waals surface area contributed by atoms with E-state index >= 15 is 0 Å². The Hall–Kier alpha value is -1.65. The summed E-state index contributed by atoms with van der Waals surface area (Å²) in [5, 5.41) is 0.501. The molecule has 0 N–H and O–H groups in total. The number of Topliss-reactive ketones (excluding diaryl/α,β-unsaturated/α-hetero) is 1. The number of carbonyl (C=O) groups is 1. The zero-order valence-electron chi connectivity index (χ0n) is 10.8. The van der Waals surface area contributed by atoms with Crippen LogP contribution in [0.2, 0.25) is 5.02 Å². The van der Waals surface area contributed by atoms with Crippen LogP contribution in [-0.4, -0.2) is 22.9 Å². The highest BCUT2D eigenvalue weighted by Crippen LogP contribution is 2.20. The third-order valence-electron chi connectivity index (χ3n) is 2.73. The summed E-state index contributed by atoms with van der Waals surface area (Å²) < 4.78 is 17.3. The van der Waals surface area contributed by atoms with Gasteiger partial charge in [-0.2, -0.15) is 0 Å². The Morgan fingerprint density at radius 3 is 2.65 bits per heavy atom. The molecule has 0 radical (unpaired) electrons. The van der Waals surface area contributed by atoms with E-state index in [4.69, 9.17) is 16.3 Å². The van der Waals surface area contributed by atoms with Gasteiger partial charge in [-0.3, -0.25) is 9.00 Å². The summed E-state index contributed by atoms with van der Waals surface area (Å²) in [6.07, 6.45) is 0. The van der Waals surface area contributed by atoms with Crippen molar-refractivity contribution in [2.75, 3.05) is 12.9 Å². The quantitative estimate of drug-likeness (QED) is 0.796. The predicted octanol–water partition coefficient (Wildman–Crippen LogP) is 3.34. The second-order valence-corrected chi connectivity index (χ2v) is 5.96. The van der Waals surface area contributed by atoms with Crippen molar-refractivity contribution in [2.45, 2.75) is 4.90 Å². The van der Waals surface area contributed by atoms with Crippen LogP contribution >= 0.6 is 11.6 Å². The van der Waals surface area contributed by atoms with E-state index in [1.165, 1.54) is 7.11 Å². The highest BCUT2D eigenvalue weighted by molar-refractivity contribution is 7.85. The lowest BCUT2D eigenvalue weighted by Gasteiger charge is -2.07. The van der Waals surface area contributed by atoms with Crippen LogP contribution in [0.1, 0.15) is 10.4 Å². The van der Waals surface area contributed by atoms with E-state index < -0.39 is 10.8 Å². The first-order valence-electron chi connectivity index (χ1n) is 5.92. The molecule has 0 bridgehead atoms. The van der Waals surface area contributed by atoms with Gasteiger partial charge in [0.05, 0.1) is 29.2 Å². The molecule has 5 heteroatoms. The SMILES string of the molecule is COc1ccccc1C(=O)CS(=O)c1cccc(Cl)c1. The average Bonchev–Trinajstić information content (AvgIpc) is 2.47. The lowest BCUT2D eigenvalue weighted by atomic mass is 10.1. The van der Waals surface area contributed by atoms with Gasteiger partial charge in [0, 0.05) is 9.92 Å². The van der Waals surface area contributed by atoms with Crippen molar-refractivity contribution in [1.82, 2.24) is 0 Å². The molecule has 0 aliphatic rings. The van der Waals surface area contributed by atoms with E-state index in [1.54, 1.807) is 48.5 Å². The predicted molar refractivity (Wildman–Crippen MR) is 80.1 cm³/mol. The molecule has 1 unspecified atom stereocenters. The van der Waals surface area contributed by atoms with Crippen molar-refractivity contribution in [3.05, 3.63) is 59.1 Å². The molecule has 3 nitrogen and oxygen atoms in total. The first kappa shape index (κ1) is 14.8. The summed E-state index contributed by atoms with van der Waals surface area (Å²) in [5.74, 6) is 0.169. The second-order valence-electron chi connectivity index (χ2n) is 4.07. The molecule has 2 aromatic rings. The lowest BCUT2D eigenvalue weighted by Crippen LogP contribution is -2.12. The van der Waals surface area contributed by atoms with E-state index in [0.717, 1.165) is 0 Å². The third-order valence-corrected chi connectivity index (χ3v) is 4.27. The number of hydrogen-bond donors (Lipinski definition) is 0. The molecule has 2 aromatic carbocycles. The smallest absolute Gasteiger partial charge is 0.179 e. The van der Waals surface area contributed by atoms with E-state index in [-0.39, 0.29) is 11.5 Å². The van der Waals surface area contributed by atoms with Gasteiger partial charge in [0.15, 0.2) is 5.78 Å². The number of halogens is 1. The maximum atomic E-state index is 12.2. The number of ether oxygens (including phenoxy) is 1. The number of para-hydroxylation sites is 1. The van der Waals surface area contributed by atoms with Gasteiger partial charge in [-0.1, -0.05) is 29.8 Å². The molecule has 2 rings (SSSR count). The zero-order chi connectivity index (χ0) is 14.5. The van der Waals surface area contributed by atoms with Gasteiger partial charge in [0.1, 0.15) is 5.75 Å². The van der Waals surface area contributed by atoms with E-state index in [2.05, 4.69) is 0 Å². The number of ketones is 1. The van der Waals surface area contributed by atoms with Crippen molar-refractivity contribution in [3.8, 4) is 5.75 Å². The first-order valence-corrected chi connectivity index (χ1v) is 7.61. The fraction of sp³-hybridized carbons (Fsp3) is 0.133. The van der Waals surface area contributed by atoms with E-state index in [9.17, 15) is 9.00 Å². The van der Waals surface area contributed by atoms with E-state index in [1.807, 2.05) is 0 Å². The van der Waals surface area contributed by atoms with Crippen LogP contribution in [0.3, 0.4) is 0 Å². The van der Waals surface area contributed by atoms with Crippen LogP contribution in [0.25, 0.3) is 0 Å². The minimum absolute atomic E-state index is 0.0965. The molecule has 0 saturated heterocycles. The Morgan fingerprint density at radius 1 is 1.20 bits per heavy atom. The molecule has 0 aromatic heterocycles. The standard InChI is InChI=1S/C15H13ClO3S/c1-19-15-8-3-2-7-13(15)14(17)10-20(18)12-6-4-5-11(16)9-12/h2-9H,10H2,1H3. The minimum atomic E-state index is -1.42. The summed E-state index contributed by atoms with van der Waals surface area (Å²) >= 11 is 5.85. The van der Waals surface area contributed by atoms with Gasteiger partial charge >= 0.3 is 0 Å². The third kappa shape index (κ3) is 3.46. The fourth-order valence-corrected chi connectivity index (χ4v) is 3.07. The van der Waals surface area contributed by atoms with Gasteiger partial charge < -0.3 is 4.74 Å². The molecule has 0 aliphatic heterocycles. The van der Waals surface area contributed by atoms with Gasteiger partial charge in [-0.05, 0) is 30.3 Å². The van der Waals surface area contributed by atoms with Crippen molar-refractivity contribution >= 4 is 28.2 Å². The Labute approximate surface area is 125 Å². The normalized spacial score (nSPS) is 11.9. The Morgan fingerprint density at radius 2 is 1.95 bits per heavy atom. The summed E-state index contributed by atoms with van der Waals surface area (Å²) in [6, 6.07) is 13.6. The Bertz CT molecular complexity index is 655. The lowest BCUT2D eigenvalue weighted by molar-refractivity contribution is 0.101. The first-order chi connectivity index (χ1) is 9.61. The molecule has 104 valence electrons. The van der Waals surface area contributed by atoms with Gasteiger partial charge in [-0.25, -0.2) is 0 Å². The molecular weight excluding hydrogens is 296 g/mol. The molecule has 0 spiro atoms. The van der Waals surface area contributed by atoms with Crippen LogP contribution < -0.4 is 4.74 Å². The summed E-state index contributed by atoms with van der Waals surface area (Å²) in [6.45, 7) is 0. The highest BCUT2D eigenvalue weighted by Gasteiger charge is 2.16. The van der Waals surface area contributed by atoms with Crippen molar-refractivity contribution in [3.63, 3.8) is 0 Å². The minimum Gasteiger partial charge on any atom is -0.496 e. The highest BCUT2D eigenvalue weighted by atomic mass is 35.5. The van der Waals surface area contributed by atoms with Crippen LogP contribution in [-0.2, 0) is 10.8 Å². The number of benzene rings is 2. The van der Waals surface area contributed by atoms with Crippen molar-refractivity contribution < 1.29 is 13.7 Å². The largest absolute Gasteiger partial charge is 0.496 e. The summed E-state index contributed by atoms with van der Waals surface area (Å²) in [4.78, 5) is 12.7. The van der Waals surface area contributed by atoms with Crippen LogP contribution in [0.4, 0.5) is 0 Å². The molecule has 0 aliphatic carbocycles. The van der Waals surface area contributed by atoms with Gasteiger partial charge in [-0.15, -0.1) is 0 Å². The Balaban J connectivity index is 2.17. The summed E-state index contributed by atoms with van der Waals surface area (Å²) in [5.41, 5.74) is 0.436. The topological polar surface area (TPSA) is 43.4 Å². The molecule has 20 heavy (non-hydrogen) atoms. The summed E-state index contributed by atoms with van der Waals surface area (Å²) in [7, 11) is 0.0760.